The minimum absolute atomic E-state index is 0.180. The maximum atomic E-state index is 6.61. The zero-order valence-electron chi connectivity index (χ0n) is 11.5. The van der Waals surface area contributed by atoms with Crippen LogP contribution >= 0.6 is 0 Å². The summed E-state index contributed by atoms with van der Waals surface area (Å²) in [5.74, 6) is 0. The molecule has 1 aliphatic heterocycles. The molecule has 98 valence electrons. The van der Waals surface area contributed by atoms with E-state index in [1.54, 1.807) is 0 Å². The van der Waals surface area contributed by atoms with Crippen molar-refractivity contribution in [3.05, 3.63) is 11.6 Å². The summed E-state index contributed by atoms with van der Waals surface area (Å²) in [4.78, 5) is 2.63. The molecule has 0 bridgehead atoms. The lowest BCUT2D eigenvalue weighted by atomic mass is 9.80. The molecular formula is C15H28N2. The van der Waals surface area contributed by atoms with Gasteiger partial charge in [0.2, 0.25) is 0 Å². The molecule has 0 aromatic carbocycles. The number of nitrogens with zero attached hydrogens (tertiary/aromatic N) is 1. The van der Waals surface area contributed by atoms with E-state index >= 15 is 0 Å². The number of nitrogens with two attached hydrogens (primary N) is 1. The van der Waals surface area contributed by atoms with Gasteiger partial charge in [0.25, 0.3) is 0 Å². The third-order valence-electron chi connectivity index (χ3n) is 4.94. The van der Waals surface area contributed by atoms with Crippen LogP contribution in [0.3, 0.4) is 0 Å². The smallest absolute Gasteiger partial charge is 0.0438 e. The Morgan fingerprint density at radius 3 is 2.53 bits per heavy atom. The van der Waals surface area contributed by atoms with Crippen LogP contribution in [0.4, 0.5) is 0 Å². The quantitative estimate of drug-likeness (QED) is 0.760. The summed E-state index contributed by atoms with van der Waals surface area (Å²) in [6.45, 7) is 7.15. The van der Waals surface area contributed by atoms with E-state index in [0.29, 0.717) is 0 Å². The van der Waals surface area contributed by atoms with Gasteiger partial charge in [-0.1, -0.05) is 18.6 Å². The summed E-state index contributed by atoms with van der Waals surface area (Å²) >= 11 is 0. The van der Waals surface area contributed by atoms with Crippen LogP contribution in [0.25, 0.3) is 0 Å². The van der Waals surface area contributed by atoms with Crippen LogP contribution in [-0.2, 0) is 0 Å². The van der Waals surface area contributed by atoms with Gasteiger partial charge in [-0.2, -0.15) is 0 Å². The normalized spacial score (nSPS) is 27.6. The monoisotopic (exact) mass is 236 g/mol. The van der Waals surface area contributed by atoms with Crippen LogP contribution in [0.5, 0.6) is 0 Å². The van der Waals surface area contributed by atoms with Gasteiger partial charge in [0.1, 0.15) is 0 Å². The second kappa shape index (κ2) is 5.53. The molecule has 0 spiro atoms. The predicted octanol–water partition coefficient (Wildman–Crippen LogP) is 3.08. The second-order valence-corrected chi connectivity index (χ2v) is 5.91. The summed E-state index contributed by atoms with van der Waals surface area (Å²) in [7, 11) is 0. The molecular weight excluding hydrogens is 208 g/mol. The molecule has 2 aliphatic rings. The van der Waals surface area contributed by atoms with Crippen molar-refractivity contribution < 1.29 is 0 Å². The topological polar surface area (TPSA) is 29.3 Å². The summed E-state index contributed by atoms with van der Waals surface area (Å²) in [5, 5.41) is 0. The molecule has 2 atom stereocenters. The molecule has 2 heteroatoms. The minimum Gasteiger partial charge on any atom is -0.323 e. The molecule has 2 unspecified atom stereocenters. The van der Waals surface area contributed by atoms with Crippen molar-refractivity contribution >= 4 is 0 Å². The summed E-state index contributed by atoms with van der Waals surface area (Å²) in [6.07, 6.45) is 11.4. The van der Waals surface area contributed by atoms with Crippen molar-refractivity contribution in [2.45, 2.75) is 70.4 Å². The fraction of sp³-hybridized carbons (Fsp3) is 0.867. The van der Waals surface area contributed by atoms with Gasteiger partial charge in [-0.05, 0) is 65.0 Å². The van der Waals surface area contributed by atoms with Gasteiger partial charge in [-0.3, -0.25) is 4.90 Å². The number of rotatable bonds is 4. The third-order valence-corrected chi connectivity index (χ3v) is 4.94. The van der Waals surface area contributed by atoms with Crippen molar-refractivity contribution in [1.82, 2.24) is 4.90 Å². The van der Waals surface area contributed by atoms with Gasteiger partial charge in [0.15, 0.2) is 0 Å². The van der Waals surface area contributed by atoms with Gasteiger partial charge < -0.3 is 5.73 Å². The lowest BCUT2D eigenvalue weighted by Gasteiger charge is -2.44. The molecule has 0 aromatic rings. The first-order valence-electron chi connectivity index (χ1n) is 7.38. The molecule has 17 heavy (non-hydrogen) atoms. The highest BCUT2D eigenvalue weighted by atomic mass is 15.2. The molecule has 1 saturated heterocycles. The number of allylic oxidation sites excluding steroid dienone is 1. The van der Waals surface area contributed by atoms with Gasteiger partial charge in [0.05, 0.1) is 0 Å². The second-order valence-electron chi connectivity index (χ2n) is 5.91. The molecule has 0 radical (unpaired) electrons. The maximum absolute atomic E-state index is 6.61. The highest BCUT2D eigenvalue weighted by molar-refractivity contribution is 5.19. The summed E-state index contributed by atoms with van der Waals surface area (Å²) in [6, 6.07) is 0.242. The van der Waals surface area contributed by atoms with Gasteiger partial charge in [-0.25, -0.2) is 0 Å². The SMILES string of the molecule is CCC(C)(C(N)C1=CCCCC1)N1CCCC1. The molecule has 0 saturated carbocycles. The third kappa shape index (κ3) is 2.58. The lowest BCUT2D eigenvalue weighted by Crippen LogP contribution is -2.57. The Morgan fingerprint density at radius 1 is 1.29 bits per heavy atom. The zero-order chi connectivity index (χ0) is 12.3. The van der Waals surface area contributed by atoms with Crippen LogP contribution in [0.2, 0.25) is 0 Å². The van der Waals surface area contributed by atoms with E-state index in [4.69, 9.17) is 5.73 Å². The average Bonchev–Trinajstić information content (AvgIpc) is 2.92. The molecule has 1 fully saturated rings. The molecule has 2 N–H and O–H groups in total. The van der Waals surface area contributed by atoms with Gasteiger partial charge in [-0.15, -0.1) is 0 Å². The van der Waals surface area contributed by atoms with E-state index in [2.05, 4.69) is 24.8 Å². The van der Waals surface area contributed by atoms with Gasteiger partial charge in [0, 0.05) is 11.6 Å². The first kappa shape index (κ1) is 13.1. The standard InChI is InChI=1S/C15H28N2/c1-3-15(2,17-11-7-8-12-17)14(16)13-9-5-4-6-10-13/h9,14H,3-8,10-12,16H2,1-2H3. The van der Waals surface area contributed by atoms with Crippen molar-refractivity contribution in [3.8, 4) is 0 Å². The first-order valence-corrected chi connectivity index (χ1v) is 7.38. The van der Waals surface area contributed by atoms with Crippen molar-refractivity contribution in [2.75, 3.05) is 13.1 Å². The number of hydrogen-bond donors (Lipinski definition) is 1. The van der Waals surface area contributed by atoms with E-state index in [0.717, 1.165) is 6.42 Å². The van der Waals surface area contributed by atoms with E-state index in [-0.39, 0.29) is 11.6 Å². The van der Waals surface area contributed by atoms with Crippen molar-refractivity contribution in [3.63, 3.8) is 0 Å². The van der Waals surface area contributed by atoms with Crippen molar-refractivity contribution in [2.24, 2.45) is 5.73 Å². The highest BCUT2D eigenvalue weighted by Gasteiger charge is 2.38. The summed E-state index contributed by atoms with van der Waals surface area (Å²) < 4.78 is 0. The maximum Gasteiger partial charge on any atom is 0.0438 e. The Morgan fingerprint density at radius 2 is 2.00 bits per heavy atom. The number of likely N-dealkylation sites (tertiary alicyclic amines) is 1. The lowest BCUT2D eigenvalue weighted by molar-refractivity contribution is 0.110. The first-order chi connectivity index (χ1) is 8.18. The van der Waals surface area contributed by atoms with Crippen molar-refractivity contribution in [1.29, 1.82) is 0 Å². The molecule has 1 heterocycles. The Hall–Kier alpha value is -0.340. The molecule has 1 aliphatic carbocycles. The van der Waals surface area contributed by atoms with Crippen LogP contribution in [-0.4, -0.2) is 29.6 Å². The van der Waals surface area contributed by atoms with E-state index < -0.39 is 0 Å². The molecule has 2 rings (SSSR count). The average molecular weight is 236 g/mol. The Kier molecular flexibility index (Phi) is 4.26. The largest absolute Gasteiger partial charge is 0.323 e. The van der Waals surface area contributed by atoms with Gasteiger partial charge >= 0.3 is 0 Å². The predicted molar refractivity (Wildman–Crippen MR) is 74.0 cm³/mol. The number of hydrogen-bond acceptors (Lipinski definition) is 2. The minimum atomic E-state index is 0.180. The molecule has 2 nitrogen and oxygen atoms in total. The molecule has 0 aromatic heterocycles. The van der Waals surface area contributed by atoms with E-state index in [1.807, 2.05) is 0 Å². The molecule has 0 amide bonds. The Labute approximate surface area is 106 Å². The Balaban J connectivity index is 2.12. The Bertz CT molecular complexity index is 279. The highest BCUT2D eigenvalue weighted by Crippen LogP contribution is 2.33. The van der Waals surface area contributed by atoms with E-state index in [1.165, 1.54) is 57.2 Å². The van der Waals surface area contributed by atoms with Crippen LogP contribution in [0, 0.1) is 0 Å². The fourth-order valence-corrected chi connectivity index (χ4v) is 3.41. The van der Waals surface area contributed by atoms with Crippen LogP contribution in [0.1, 0.15) is 58.8 Å². The zero-order valence-corrected chi connectivity index (χ0v) is 11.5. The fourth-order valence-electron chi connectivity index (χ4n) is 3.41. The van der Waals surface area contributed by atoms with E-state index in [9.17, 15) is 0 Å². The van der Waals surface area contributed by atoms with Crippen LogP contribution < -0.4 is 5.73 Å². The summed E-state index contributed by atoms with van der Waals surface area (Å²) in [5.41, 5.74) is 8.31. The van der Waals surface area contributed by atoms with Crippen LogP contribution in [0.15, 0.2) is 11.6 Å².